The van der Waals surface area contributed by atoms with Crippen LogP contribution in [0.1, 0.15) is 11.1 Å². The molecule has 0 aromatic heterocycles. The average Bonchev–Trinajstić information content (AvgIpc) is 3.02. The van der Waals surface area contributed by atoms with Gasteiger partial charge in [-0.3, -0.25) is 14.5 Å². The van der Waals surface area contributed by atoms with Crippen molar-refractivity contribution in [3.63, 3.8) is 0 Å². The number of rotatable bonds is 8. The number of methoxy groups -OCH3 is 1. The van der Waals surface area contributed by atoms with Gasteiger partial charge in [-0.05, 0) is 31.2 Å². The molecule has 31 heavy (non-hydrogen) atoms. The standard InChI is InChI=1S/C23H23N3O5/c1-4-12-26-22(28)18(25-23(26)29)13-16-6-5-7-19(30-3)21(16)31-14-20(27)24-17-10-8-15(2)9-11-17/h4-11,13H,1,12,14H2,2-3H3,(H,24,27)(H,25,29)/b18-13+. The van der Waals surface area contributed by atoms with Gasteiger partial charge in [-0.1, -0.05) is 35.9 Å². The number of aryl methyl sites for hydroxylation is 1. The maximum Gasteiger partial charge on any atom is 0.329 e. The number of anilines is 1. The maximum absolute atomic E-state index is 12.5. The summed E-state index contributed by atoms with van der Waals surface area (Å²) in [5, 5.41) is 5.28. The van der Waals surface area contributed by atoms with Crippen LogP contribution in [0.2, 0.25) is 0 Å². The van der Waals surface area contributed by atoms with E-state index in [4.69, 9.17) is 9.47 Å². The molecule has 3 rings (SSSR count). The van der Waals surface area contributed by atoms with Gasteiger partial charge >= 0.3 is 6.03 Å². The van der Waals surface area contributed by atoms with Crippen LogP contribution in [-0.4, -0.2) is 43.0 Å². The largest absolute Gasteiger partial charge is 0.493 e. The maximum atomic E-state index is 12.5. The first kappa shape index (κ1) is 21.6. The third-order valence-electron chi connectivity index (χ3n) is 4.49. The lowest BCUT2D eigenvalue weighted by atomic mass is 10.1. The zero-order chi connectivity index (χ0) is 22.4. The molecule has 160 valence electrons. The summed E-state index contributed by atoms with van der Waals surface area (Å²) in [6, 6.07) is 11.9. The van der Waals surface area contributed by atoms with E-state index >= 15 is 0 Å². The van der Waals surface area contributed by atoms with Crippen molar-refractivity contribution in [3.8, 4) is 11.5 Å². The smallest absolute Gasteiger partial charge is 0.329 e. The van der Waals surface area contributed by atoms with Gasteiger partial charge in [0.1, 0.15) is 5.70 Å². The number of benzene rings is 2. The number of carbonyl (C=O) groups is 3. The molecule has 8 heteroatoms. The van der Waals surface area contributed by atoms with Gasteiger partial charge in [0.05, 0.1) is 7.11 Å². The number of hydrogen-bond donors (Lipinski definition) is 2. The first-order valence-corrected chi connectivity index (χ1v) is 9.54. The fourth-order valence-electron chi connectivity index (χ4n) is 2.96. The van der Waals surface area contributed by atoms with Crippen molar-refractivity contribution in [1.82, 2.24) is 10.2 Å². The minimum Gasteiger partial charge on any atom is -0.493 e. The van der Waals surface area contributed by atoms with Crippen LogP contribution in [0.4, 0.5) is 10.5 Å². The quantitative estimate of drug-likeness (QED) is 0.388. The van der Waals surface area contributed by atoms with Gasteiger partial charge in [0, 0.05) is 17.8 Å². The second kappa shape index (κ2) is 9.62. The SMILES string of the molecule is C=CCN1C(=O)N/C(=C/c2cccc(OC)c2OCC(=O)Nc2ccc(C)cc2)C1=O. The van der Waals surface area contributed by atoms with E-state index < -0.39 is 11.9 Å². The molecule has 0 bridgehead atoms. The van der Waals surface area contributed by atoms with E-state index in [2.05, 4.69) is 17.2 Å². The summed E-state index contributed by atoms with van der Waals surface area (Å²) < 4.78 is 11.1. The molecule has 0 spiro atoms. The number of para-hydroxylation sites is 1. The first-order valence-electron chi connectivity index (χ1n) is 9.54. The van der Waals surface area contributed by atoms with Gasteiger partial charge in [0.2, 0.25) is 0 Å². The summed E-state index contributed by atoms with van der Waals surface area (Å²) in [4.78, 5) is 37.8. The Morgan fingerprint density at radius 3 is 2.61 bits per heavy atom. The fourth-order valence-corrected chi connectivity index (χ4v) is 2.96. The first-order chi connectivity index (χ1) is 14.9. The van der Waals surface area contributed by atoms with E-state index in [1.807, 2.05) is 19.1 Å². The molecule has 0 saturated carbocycles. The molecule has 1 heterocycles. The third kappa shape index (κ3) is 5.11. The van der Waals surface area contributed by atoms with Gasteiger partial charge in [-0.25, -0.2) is 4.79 Å². The highest BCUT2D eigenvalue weighted by Gasteiger charge is 2.32. The van der Waals surface area contributed by atoms with Crippen molar-refractivity contribution in [1.29, 1.82) is 0 Å². The van der Waals surface area contributed by atoms with E-state index in [1.165, 1.54) is 19.3 Å². The van der Waals surface area contributed by atoms with Crippen LogP contribution < -0.4 is 20.1 Å². The van der Waals surface area contributed by atoms with Crippen molar-refractivity contribution < 1.29 is 23.9 Å². The lowest BCUT2D eigenvalue weighted by Crippen LogP contribution is -2.30. The van der Waals surface area contributed by atoms with E-state index in [0.29, 0.717) is 17.0 Å². The highest BCUT2D eigenvalue weighted by molar-refractivity contribution is 6.14. The third-order valence-corrected chi connectivity index (χ3v) is 4.49. The Labute approximate surface area is 180 Å². The molecule has 2 aromatic rings. The van der Waals surface area contributed by atoms with Crippen LogP contribution in [0.5, 0.6) is 11.5 Å². The van der Waals surface area contributed by atoms with Gasteiger partial charge in [-0.2, -0.15) is 0 Å². The molecule has 4 amide bonds. The monoisotopic (exact) mass is 421 g/mol. The Kier molecular flexibility index (Phi) is 6.71. The van der Waals surface area contributed by atoms with E-state index in [9.17, 15) is 14.4 Å². The van der Waals surface area contributed by atoms with E-state index in [-0.39, 0.29) is 30.5 Å². The van der Waals surface area contributed by atoms with Gasteiger partial charge in [-0.15, -0.1) is 6.58 Å². The number of urea groups is 1. The van der Waals surface area contributed by atoms with E-state index in [0.717, 1.165) is 10.5 Å². The Balaban J connectivity index is 1.78. The molecule has 8 nitrogen and oxygen atoms in total. The molecule has 2 N–H and O–H groups in total. The molecule has 1 saturated heterocycles. The van der Waals surface area contributed by atoms with Crippen LogP contribution in [0.15, 0.2) is 60.8 Å². The number of carbonyl (C=O) groups excluding carboxylic acids is 3. The zero-order valence-electron chi connectivity index (χ0n) is 17.3. The number of ether oxygens (including phenoxy) is 2. The van der Waals surface area contributed by atoms with Crippen LogP contribution in [-0.2, 0) is 9.59 Å². The number of hydrogen-bond acceptors (Lipinski definition) is 5. The molecule has 2 aromatic carbocycles. The topological polar surface area (TPSA) is 97.0 Å². The number of amides is 4. The predicted octanol–water partition coefficient (Wildman–Crippen LogP) is 3.10. The number of imide groups is 1. The van der Waals surface area contributed by atoms with Crippen molar-refractivity contribution in [3.05, 3.63) is 71.9 Å². The normalized spacial score (nSPS) is 14.4. The molecule has 0 aliphatic carbocycles. The molecule has 1 aliphatic heterocycles. The van der Waals surface area contributed by atoms with Crippen LogP contribution in [0.25, 0.3) is 6.08 Å². The van der Waals surface area contributed by atoms with Gasteiger partial charge < -0.3 is 20.1 Å². The van der Waals surface area contributed by atoms with Gasteiger partial charge in [0.25, 0.3) is 11.8 Å². The lowest BCUT2D eigenvalue weighted by Gasteiger charge is -2.14. The second-order valence-electron chi connectivity index (χ2n) is 6.77. The number of nitrogens with zero attached hydrogens (tertiary/aromatic N) is 1. The second-order valence-corrected chi connectivity index (χ2v) is 6.77. The van der Waals surface area contributed by atoms with Crippen LogP contribution in [0, 0.1) is 6.92 Å². The van der Waals surface area contributed by atoms with Crippen molar-refractivity contribution in [2.75, 3.05) is 25.6 Å². The average molecular weight is 421 g/mol. The lowest BCUT2D eigenvalue weighted by molar-refractivity contribution is -0.122. The van der Waals surface area contributed by atoms with Crippen molar-refractivity contribution in [2.45, 2.75) is 6.92 Å². The molecule has 0 atom stereocenters. The molecular formula is C23H23N3O5. The minimum absolute atomic E-state index is 0.0917. The fraction of sp³-hybridized carbons (Fsp3) is 0.174. The van der Waals surface area contributed by atoms with Crippen molar-refractivity contribution in [2.24, 2.45) is 0 Å². The molecule has 0 radical (unpaired) electrons. The highest BCUT2D eigenvalue weighted by Crippen LogP contribution is 2.33. The molecular weight excluding hydrogens is 398 g/mol. The van der Waals surface area contributed by atoms with Crippen molar-refractivity contribution >= 4 is 29.6 Å². The molecule has 1 aliphatic rings. The number of nitrogens with one attached hydrogen (secondary N) is 2. The summed E-state index contributed by atoms with van der Waals surface area (Å²) >= 11 is 0. The van der Waals surface area contributed by atoms with Gasteiger partial charge in [0.15, 0.2) is 18.1 Å². The summed E-state index contributed by atoms with van der Waals surface area (Å²) in [6.45, 7) is 5.33. The minimum atomic E-state index is -0.529. The summed E-state index contributed by atoms with van der Waals surface area (Å²) in [5.41, 5.74) is 2.31. The van der Waals surface area contributed by atoms with E-state index in [1.54, 1.807) is 30.3 Å². The van der Waals surface area contributed by atoms with Crippen LogP contribution in [0.3, 0.4) is 0 Å². The summed E-state index contributed by atoms with van der Waals surface area (Å²) in [5.74, 6) is -0.162. The van der Waals surface area contributed by atoms with Crippen LogP contribution >= 0.6 is 0 Å². The Hall–Kier alpha value is -4.07. The molecule has 1 fully saturated rings. The predicted molar refractivity (Wildman–Crippen MR) is 117 cm³/mol. The molecule has 0 unspecified atom stereocenters. The Morgan fingerprint density at radius 1 is 1.19 bits per heavy atom. The Bertz CT molecular complexity index is 1040. The summed E-state index contributed by atoms with van der Waals surface area (Å²) in [6.07, 6.45) is 2.95. The zero-order valence-corrected chi connectivity index (χ0v) is 17.3. The Morgan fingerprint density at radius 2 is 1.94 bits per heavy atom. The summed E-state index contributed by atoms with van der Waals surface area (Å²) in [7, 11) is 1.47. The highest BCUT2D eigenvalue weighted by atomic mass is 16.5.